The van der Waals surface area contributed by atoms with E-state index in [-0.39, 0.29) is 5.92 Å². The first-order valence-electron chi connectivity index (χ1n) is 9.57. The van der Waals surface area contributed by atoms with E-state index in [9.17, 15) is 9.59 Å². The Kier molecular flexibility index (Phi) is 7.87. The van der Waals surface area contributed by atoms with Gasteiger partial charge in [-0.15, -0.1) is 0 Å². The van der Waals surface area contributed by atoms with Gasteiger partial charge in [-0.05, 0) is 61.4 Å². The fourth-order valence-electron chi connectivity index (χ4n) is 2.80. The van der Waals surface area contributed by atoms with Gasteiger partial charge < -0.3 is 20.9 Å². The minimum Gasteiger partial charge on any atom is -0.421 e. The van der Waals surface area contributed by atoms with Crippen LogP contribution in [0.1, 0.15) is 60.2 Å². The molecule has 0 saturated carbocycles. The van der Waals surface area contributed by atoms with Crippen LogP contribution >= 0.6 is 0 Å². The van der Waals surface area contributed by atoms with Crippen LogP contribution < -0.4 is 11.5 Å². The van der Waals surface area contributed by atoms with E-state index in [0.29, 0.717) is 28.9 Å². The Morgan fingerprint density at radius 3 is 1.61 bits per heavy atom. The van der Waals surface area contributed by atoms with Crippen molar-refractivity contribution in [3.8, 4) is 0 Å². The van der Waals surface area contributed by atoms with E-state index >= 15 is 0 Å². The maximum absolute atomic E-state index is 12.6. The third-order valence-electron chi connectivity index (χ3n) is 4.58. The Balaban J connectivity index is 2.17. The molecule has 1 atom stereocenters. The lowest BCUT2D eigenvalue weighted by Crippen LogP contribution is -2.32. The fourth-order valence-corrected chi connectivity index (χ4v) is 2.80. The second kappa shape index (κ2) is 10.3. The van der Waals surface area contributed by atoms with Crippen LogP contribution in [-0.2, 0) is 9.47 Å². The van der Waals surface area contributed by atoms with E-state index in [1.807, 2.05) is 6.92 Å². The topological polar surface area (TPSA) is 105 Å². The van der Waals surface area contributed by atoms with Crippen LogP contribution in [0.2, 0.25) is 0 Å². The maximum atomic E-state index is 12.6. The number of benzene rings is 2. The highest BCUT2D eigenvalue weighted by molar-refractivity contribution is 5.91. The van der Waals surface area contributed by atoms with Gasteiger partial charge in [0.1, 0.15) is 0 Å². The Morgan fingerprint density at radius 2 is 1.25 bits per heavy atom. The summed E-state index contributed by atoms with van der Waals surface area (Å²) in [5.41, 5.74) is 13.1. The van der Waals surface area contributed by atoms with Gasteiger partial charge in [-0.25, -0.2) is 9.59 Å². The van der Waals surface area contributed by atoms with Crippen LogP contribution in [0.4, 0.5) is 11.4 Å². The van der Waals surface area contributed by atoms with Gasteiger partial charge >= 0.3 is 11.9 Å². The standard InChI is InChI=1S/C22H28N2O4/c1-3-5-6-15(4-2)22(27-20(25)16-7-11-18(23)12-8-16)28-21(26)17-9-13-19(24)14-10-17/h7-15,22H,3-6,23-24H2,1-2H3. The van der Waals surface area contributed by atoms with E-state index in [2.05, 4.69) is 6.92 Å². The normalized spacial score (nSPS) is 11.8. The number of hydrogen-bond acceptors (Lipinski definition) is 6. The highest BCUT2D eigenvalue weighted by atomic mass is 16.7. The van der Waals surface area contributed by atoms with Crippen molar-refractivity contribution < 1.29 is 19.1 Å². The largest absolute Gasteiger partial charge is 0.421 e. The van der Waals surface area contributed by atoms with Gasteiger partial charge in [0.15, 0.2) is 0 Å². The molecule has 0 fully saturated rings. The Hall–Kier alpha value is -3.02. The Bertz CT molecular complexity index is 713. The molecule has 0 aliphatic heterocycles. The number of unbranched alkanes of at least 4 members (excludes halogenated alkanes) is 1. The van der Waals surface area contributed by atoms with Gasteiger partial charge in [0.2, 0.25) is 0 Å². The summed E-state index contributed by atoms with van der Waals surface area (Å²) < 4.78 is 11.2. The molecule has 0 amide bonds. The van der Waals surface area contributed by atoms with E-state index in [1.165, 1.54) is 0 Å². The van der Waals surface area contributed by atoms with Crippen molar-refractivity contribution in [2.75, 3.05) is 11.5 Å². The second-order valence-corrected chi connectivity index (χ2v) is 6.73. The number of anilines is 2. The molecule has 2 aromatic rings. The molecule has 0 aliphatic carbocycles. The van der Waals surface area contributed by atoms with Gasteiger partial charge in [-0.2, -0.15) is 0 Å². The molecule has 1 unspecified atom stereocenters. The molecule has 0 radical (unpaired) electrons. The molecule has 0 saturated heterocycles. The van der Waals surface area contributed by atoms with Crippen LogP contribution in [0.5, 0.6) is 0 Å². The molecular weight excluding hydrogens is 356 g/mol. The number of carbonyl (C=O) groups excluding carboxylic acids is 2. The minimum absolute atomic E-state index is 0.0876. The zero-order valence-corrected chi connectivity index (χ0v) is 16.4. The average molecular weight is 384 g/mol. The van der Waals surface area contributed by atoms with Crippen LogP contribution in [0, 0.1) is 5.92 Å². The summed E-state index contributed by atoms with van der Waals surface area (Å²) in [5, 5.41) is 0. The molecule has 150 valence electrons. The number of rotatable bonds is 9. The van der Waals surface area contributed by atoms with E-state index in [1.54, 1.807) is 48.5 Å². The van der Waals surface area contributed by atoms with E-state index in [0.717, 1.165) is 19.3 Å². The lowest BCUT2D eigenvalue weighted by atomic mass is 9.98. The third-order valence-corrected chi connectivity index (χ3v) is 4.58. The zero-order chi connectivity index (χ0) is 20.5. The van der Waals surface area contributed by atoms with Crippen LogP contribution in [-0.4, -0.2) is 18.2 Å². The lowest BCUT2D eigenvalue weighted by molar-refractivity contribution is -0.111. The molecule has 0 aromatic heterocycles. The summed E-state index contributed by atoms with van der Waals surface area (Å²) in [6.07, 6.45) is 2.50. The Morgan fingerprint density at radius 1 is 0.821 bits per heavy atom. The maximum Gasteiger partial charge on any atom is 0.341 e. The molecule has 28 heavy (non-hydrogen) atoms. The van der Waals surface area contributed by atoms with Gasteiger partial charge in [-0.3, -0.25) is 0 Å². The summed E-state index contributed by atoms with van der Waals surface area (Å²) in [6, 6.07) is 12.8. The number of esters is 2. The van der Waals surface area contributed by atoms with Crippen molar-refractivity contribution in [1.82, 2.24) is 0 Å². The van der Waals surface area contributed by atoms with Crippen molar-refractivity contribution in [3.05, 3.63) is 59.7 Å². The lowest BCUT2D eigenvalue weighted by Gasteiger charge is -2.26. The van der Waals surface area contributed by atoms with Crippen molar-refractivity contribution in [2.24, 2.45) is 5.92 Å². The summed E-state index contributed by atoms with van der Waals surface area (Å²) in [7, 11) is 0. The molecule has 4 N–H and O–H groups in total. The Labute approximate surface area is 165 Å². The number of nitrogens with two attached hydrogens (primary N) is 2. The summed E-state index contributed by atoms with van der Waals surface area (Å²) in [6.45, 7) is 4.07. The molecule has 6 heteroatoms. The highest BCUT2D eigenvalue weighted by Crippen LogP contribution is 2.23. The first kappa shape index (κ1) is 21.3. The van der Waals surface area contributed by atoms with Crippen molar-refractivity contribution in [3.63, 3.8) is 0 Å². The SMILES string of the molecule is CCCCC(CC)C(OC(=O)c1ccc(N)cc1)OC(=O)c1ccc(N)cc1. The summed E-state index contributed by atoms with van der Waals surface area (Å²) >= 11 is 0. The molecule has 2 rings (SSSR count). The van der Waals surface area contributed by atoms with Gasteiger partial charge in [0, 0.05) is 17.3 Å². The van der Waals surface area contributed by atoms with Crippen LogP contribution in [0.25, 0.3) is 0 Å². The van der Waals surface area contributed by atoms with Crippen molar-refractivity contribution >= 4 is 23.3 Å². The van der Waals surface area contributed by atoms with Gasteiger partial charge in [0.05, 0.1) is 11.1 Å². The smallest absolute Gasteiger partial charge is 0.341 e. The second-order valence-electron chi connectivity index (χ2n) is 6.73. The average Bonchev–Trinajstić information content (AvgIpc) is 2.69. The van der Waals surface area contributed by atoms with Crippen LogP contribution in [0.3, 0.4) is 0 Å². The molecule has 0 aliphatic rings. The molecule has 2 aromatic carbocycles. The van der Waals surface area contributed by atoms with Gasteiger partial charge in [0.25, 0.3) is 6.29 Å². The molecule has 0 bridgehead atoms. The van der Waals surface area contributed by atoms with Crippen LogP contribution in [0.15, 0.2) is 48.5 Å². The monoisotopic (exact) mass is 384 g/mol. The van der Waals surface area contributed by atoms with E-state index < -0.39 is 18.2 Å². The highest BCUT2D eigenvalue weighted by Gasteiger charge is 2.28. The molecule has 0 heterocycles. The molecule has 0 spiro atoms. The first-order valence-corrected chi connectivity index (χ1v) is 9.57. The predicted molar refractivity (Wildman–Crippen MR) is 110 cm³/mol. The minimum atomic E-state index is -0.966. The summed E-state index contributed by atoms with van der Waals surface area (Å²) in [5.74, 6) is -1.19. The zero-order valence-electron chi connectivity index (χ0n) is 16.4. The predicted octanol–water partition coefficient (Wildman–Crippen LogP) is 4.41. The third kappa shape index (κ3) is 6.01. The van der Waals surface area contributed by atoms with Crippen molar-refractivity contribution in [2.45, 2.75) is 45.8 Å². The quantitative estimate of drug-likeness (QED) is 0.377. The first-order chi connectivity index (χ1) is 13.4. The fraction of sp³-hybridized carbons (Fsp3) is 0.364. The number of nitrogen functional groups attached to an aromatic ring is 2. The van der Waals surface area contributed by atoms with Gasteiger partial charge in [-0.1, -0.05) is 26.7 Å². The number of carbonyl (C=O) groups is 2. The van der Waals surface area contributed by atoms with E-state index in [4.69, 9.17) is 20.9 Å². The summed E-state index contributed by atoms with van der Waals surface area (Å²) in [4.78, 5) is 25.1. The molecule has 6 nitrogen and oxygen atoms in total. The number of hydrogen-bond donors (Lipinski definition) is 2. The number of ether oxygens (including phenoxy) is 2. The molecular formula is C22H28N2O4. The van der Waals surface area contributed by atoms with Crippen molar-refractivity contribution in [1.29, 1.82) is 0 Å².